The Bertz CT molecular complexity index is 1770. The molecular weight excluding hydrogens is 882 g/mol. The minimum atomic E-state index is -4.43. The van der Waals surface area contributed by atoms with Crippen molar-refractivity contribution in [3.05, 3.63) is 182 Å². The van der Waals surface area contributed by atoms with Gasteiger partial charge in [0.2, 0.25) is 0 Å². The van der Waals surface area contributed by atoms with Crippen molar-refractivity contribution in [2.75, 3.05) is 26.4 Å². The Morgan fingerprint density at radius 2 is 0.783 bits per heavy atom. The van der Waals surface area contributed by atoms with Gasteiger partial charge in [-0.15, -0.1) is 0 Å². The van der Waals surface area contributed by atoms with E-state index in [0.717, 1.165) is 103 Å². The molecule has 0 saturated carbocycles. The second kappa shape index (κ2) is 52.5. The van der Waals surface area contributed by atoms with Crippen LogP contribution in [0.5, 0.6) is 0 Å². The molecule has 0 aliphatic rings. The van der Waals surface area contributed by atoms with Crippen LogP contribution in [0.1, 0.15) is 142 Å². The number of phosphoric ester groups is 1. The maximum atomic E-state index is 12.6. The zero-order chi connectivity index (χ0) is 50.2. The minimum absolute atomic E-state index is 0.0233. The summed E-state index contributed by atoms with van der Waals surface area (Å²) < 4.78 is 32.7. The van der Waals surface area contributed by atoms with E-state index in [1.54, 1.807) is 6.08 Å². The summed E-state index contributed by atoms with van der Waals surface area (Å²) in [6, 6.07) is 0. The van der Waals surface area contributed by atoms with Crippen LogP contribution in [0.15, 0.2) is 182 Å². The van der Waals surface area contributed by atoms with Gasteiger partial charge in [0.25, 0.3) is 0 Å². The summed E-state index contributed by atoms with van der Waals surface area (Å²) in [5.41, 5.74) is 5.35. The number of carbonyl (C=O) groups is 2. The summed E-state index contributed by atoms with van der Waals surface area (Å²) in [6.07, 6.45) is 79.7. The van der Waals surface area contributed by atoms with Crippen LogP contribution in [0.2, 0.25) is 0 Å². The highest BCUT2D eigenvalue weighted by atomic mass is 31.2. The van der Waals surface area contributed by atoms with Gasteiger partial charge in [-0.05, 0) is 116 Å². The van der Waals surface area contributed by atoms with Gasteiger partial charge in [-0.2, -0.15) is 0 Å². The fourth-order valence-electron chi connectivity index (χ4n) is 5.67. The number of rotatable bonds is 44. The summed E-state index contributed by atoms with van der Waals surface area (Å²) in [4.78, 5) is 34.9. The number of esters is 2. The van der Waals surface area contributed by atoms with E-state index in [9.17, 15) is 19.0 Å². The molecule has 0 aromatic carbocycles. The molecule has 9 nitrogen and oxygen atoms in total. The predicted octanol–water partition coefficient (Wildman–Crippen LogP) is 15.7. The zero-order valence-corrected chi connectivity index (χ0v) is 43.1. The van der Waals surface area contributed by atoms with Crippen LogP contribution in [0.25, 0.3) is 0 Å². The van der Waals surface area contributed by atoms with Gasteiger partial charge >= 0.3 is 19.8 Å². The van der Waals surface area contributed by atoms with Gasteiger partial charge in [-0.25, -0.2) is 4.57 Å². The molecule has 3 N–H and O–H groups in total. The van der Waals surface area contributed by atoms with E-state index in [2.05, 4.69) is 178 Å². The highest BCUT2D eigenvalue weighted by molar-refractivity contribution is 7.47. The number of carbonyl (C=O) groups excluding carboxylic acids is 2. The first-order chi connectivity index (χ1) is 33.8. The second-order valence-electron chi connectivity index (χ2n) is 15.6. The summed E-state index contributed by atoms with van der Waals surface area (Å²) >= 11 is 0. The van der Waals surface area contributed by atoms with Crippen LogP contribution < -0.4 is 5.73 Å². The lowest BCUT2D eigenvalue weighted by molar-refractivity contribution is -0.160. The number of ether oxygens (including phenoxy) is 2. The SMILES string of the molecule is CC/C=C\C/C=C\C/C=C\C/C=C\C/C=C\C/C=C\C/C=C\C/C=C\C/C=C\C/C=C\CCCCC(=O)OC(COC(=O)C/C=C\C/C=C\C/C=C\C/C=C\C/C=C\CC)COP(=O)(O)OCCN. The van der Waals surface area contributed by atoms with Crippen LogP contribution in [-0.2, 0) is 32.7 Å². The second-order valence-corrected chi connectivity index (χ2v) is 17.0. The smallest absolute Gasteiger partial charge is 0.461 e. The predicted molar refractivity (Wildman–Crippen MR) is 292 cm³/mol. The number of hydrogen-bond acceptors (Lipinski definition) is 8. The number of unbranched alkanes of at least 4 members (excludes halogenated alkanes) is 2. The largest absolute Gasteiger partial charge is 0.472 e. The topological polar surface area (TPSA) is 134 Å². The first-order valence-corrected chi connectivity index (χ1v) is 26.8. The van der Waals surface area contributed by atoms with Gasteiger partial charge in [0.05, 0.1) is 19.6 Å². The highest BCUT2D eigenvalue weighted by Gasteiger charge is 2.25. The average molecular weight is 970 g/mol. The molecule has 0 spiro atoms. The van der Waals surface area contributed by atoms with Crippen LogP contribution >= 0.6 is 7.82 Å². The summed E-state index contributed by atoms with van der Waals surface area (Å²) in [5.74, 6) is -1.05. The van der Waals surface area contributed by atoms with Crippen molar-refractivity contribution in [3.63, 3.8) is 0 Å². The monoisotopic (exact) mass is 970 g/mol. The molecule has 0 heterocycles. The molecule has 382 valence electrons. The van der Waals surface area contributed by atoms with Gasteiger partial charge in [0.1, 0.15) is 6.61 Å². The molecule has 2 atom stereocenters. The Morgan fingerprint density at radius 3 is 1.13 bits per heavy atom. The van der Waals surface area contributed by atoms with Gasteiger partial charge in [0, 0.05) is 13.0 Å². The number of hydrogen-bond donors (Lipinski definition) is 2. The van der Waals surface area contributed by atoms with E-state index in [4.69, 9.17) is 24.3 Å². The van der Waals surface area contributed by atoms with E-state index in [1.165, 1.54) is 0 Å². The molecule has 0 aromatic rings. The molecule has 0 saturated heterocycles. The first-order valence-electron chi connectivity index (χ1n) is 25.3. The lowest BCUT2D eigenvalue weighted by Crippen LogP contribution is -2.29. The Hall–Kier alpha value is -4.89. The summed E-state index contributed by atoms with van der Waals surface area (Å²) in [7, 11) is -4.43. The lowest BCUT2D eigenvalue weighted by Gasteiger charge is -2.19. The molecule has 2 unspecified atom stereocenters. The molecular formula is C59H88NO8P. The quantitative estimate of drug-likeness (QED) is 0.0265. The van der Waals surface area contributed by atoms with E-state index < -0.39 is 32.5 Å². The molecule has 10 heteroatoms. The van der Waals surface area contributed by atoms with Gasteiger partial charge < -0.3 is 20.1 Å². The fraction of sp³-hybridized carbons (Fsp3) is 0.458. The van der Waals surface area contributed by atoms with Crippen molar-refractivity contribution in [2.24, 2.45) is 5.73 Å². The summed E-state index contributed by atoms with van der Waals surface area (Å²) in [5, 5.41) is 0. The molecule has 0 amide bonds. The van der Waals surface area contributed by atoms with E-state index in [0.29, 0.717) is 12.8 Å². The van der Waals surface area contributed by atoms with Crippen molar-refractivity contribution in [3.8, 4) is 0 Å². The van der Waals surface area contributed by atoms with Gasteiger partial charge in [-0.1, -0.05) is 196 Å². The van der Waals surface area contributed by atoms with Crippen molar-refractivity contribution < 1.29 is 37.6 Å². The van der Waals surface area contributed by atoms with E-state index in [-0.39, 0.29) is 32.6 Å². The third kappa shape index (κ3) is 52.3. The molecule has 69 heavy (non-hydrogen) atoms. The number of allylic oxidation sites excluding steroid dienone is 29. The highest BCUT2D eigenvalue weighted by Crippen LogP contribution is 2.43. The Balaban J connectivity index is 4.27. The third-order valence-electron chi connectivity index (χ3n) is 9.32. The van der Waals surface area contributed by atoms with Crippen LogP contribution in [0.3, 0.4) is 0 Å². The maximum absolute atomic E-state index is 12.6. The van der Waals surface area contributed by atoms with Crippen molar-refractivity contribution >= 4 is 19.8 Å². The van der Waals surface area contributed by atoms with Crippen LogP contribution in [0.4, 0.5) is 0 Å². The van der Waals surface area contributed by atoms with Gasteiger partial charge in [0.15, 0.2) is 6.10 Å². The Kier molecular flexibility index (Phi) is 48.8. The van der Waals surface area contributed by atoms with E-state index in [1.807, 2.05) is 12.2 Å². The fourth-order valence-corrected chi connectivity index (χ4v) is 6.44. The molecule has 0 radical (unpaired) electrons. The maximum Gasteiger partial charge on any atom is 0.472 e. The molecule has 0 aromatic heterocycles. The molecule has 0 rings (SSSR count). The Labute approximate surface area is 418 Å². The normalized spacial score (nSPS) is 14.7. The zero-order valence-electron chi connectivity index (χ0n) is 42.2. The summed E-state index contributed by atoms with van der Waals surface area (Å²) in [6.45, 7) is 3.29. The minimum Gasteiger partial charge on any atom is -0.461 e. The van der Waals surface area contributed by atoms with Crippen molar-refractivity contribution in [1.82, 2.24) is 0 Å². The van der Waals surface area contributed by atoms with Crippen molar-refractivity contribution in [2.45, 2.75) is 148 Å². The first kappa shape index (κ1) is 64.1. The van der Waals surface area contributed by atoms with Crippen LogP contribution in [0, 0.1) is 0 Å². The molecule has 0 aliphatic carbocycles. The third-order valence-corrected chi connectivity index (χ3v) is 10.3. The molecule has 0 fully saturated rings. The standard InChI is InChI=1S/C59H88NO8P/c1-3-5-7-9-11-13-15-17-19-20-21-22-23-24-25-26-27-28-29-30-31-32-33-34-35-36-38-40-42-44-46-48-50-52-59(62)68-57(56-67-69(63,64)66-54-53-60)55-65-58(61)51-49-47-45-43-41-39-37-18-16-14-12-10-8-6-4-2/h5-8,11-14,17-19,21-22,24-25,27-28,30-31,33-34,36-38,41-44,47,49,57H,3-4,9-10,15-16,20,23,26,29,32,35,39-40,45-46,48,50-56,60H2,1-2H3,(H,63,64)/b7-5-,8-6-,13-11-,14-12-,19-17-,22-21-,25-24-,28-27-,31-30-,34-33-,37-18-,38-36-,43-41-,44-42-,49-47-. The Morgan fingerprint density at radius 1 is 0.449 bits per heavy atom. The van der Waals surface area contributed by atoms with Crippen LogP contribution in [-0.4, -0.2) is 49.3 Å². The average Bonchev–Trinajstić information content (AvgIpc) is 3.34. The number of nitrogens with two attached hydrogens (primary N) is 1. The number of phosphoric acid groups is 1. The molecule has 0 aliphatic heterocycles. The van der Waals surface area contributed by atoms with E-state index >= 15 is 0 Å². The molecule has 0 bridgehead atoms. The van der Waals surface area contributed by atoms with Crippen molar-refractivity contribution in [1.29, 1.82) is 0 Å². The lowest BCUT2D eigenvalue weighted by atomic mass is 10.2. The van der Waals surface area contributed by atoms with Gasteiger partial charge in [-0.3, -0.25) is 18.6 Å².